The summed E-state index contributed by atoms with van der Waals surface area (Å²) < 4.78 is 5.12. The maximum Gasteiger partial charge on any atom is 0.307 e. The Kier molecular flexibility index (Phi) is 3.30. The third-order valence-electron chi connectivity index (χ3n) is 4.72. The number of hydrogen-bond donors (Lipinski definition) is 3. The van der Waals surface area contributed by atoms with Gasteiger partial charge in [-0.2, -0.15) is 0 Å². The third-order valence-corrected chi connectivity index (χ3v) is 4.72. The van der Waals surface area contributed by atoms with Gasteiger partial charge in [0.1, 0.15) is 5.60 Å². The van der Waals surface area contributed by atoms with E-state index in [1.54, 1.807) is 0 Å². The Morgan fingerprint density at radius 2 is 2.00 bits per heavy atom. The lowest BCUT2D eigenvalue weighted by Crippen LogP contribution is -2.47. The first kappa shape index (κ1) is 13.6. The number of carbonyl (C=O) groups is 2. The van der Waals surface area contributed by atoms with E-state index in [1.165, 1.54) is 0 Å². The molecule has 3 rings (SSSR count). The SMILES string of the molecule is O=C(O)[C@@H]1C2C=CC(C2)[C@@H]1C(=O)NCC1(O)CCOC1. The minimum Gasteiger partial charge on any atom is -0.481 e. The summed E-state index contributed by atoms with van der Waals surface area (Å²) in [6, 6.07) is 0. The molecule has 1 saturated heterocycles. The Balaban J connectivity index is 1.64. The van der Waals surface area contributed by atoms with Crippen LogP contribution in [-0.4, -0.2) is 47.4 Å². The molecule has 5 atom stereocenters. The summed E-state index contributed by atoms with van der Waals surface area (Å²) in [4.78, 5) is 23.6. The number of amides is 1. The number of carboxylic acids is 1. The van der Waals surface area contributed by atoms with Crippen molar-refractivity contribution in [2.45, 2.75) is 18.4 Å². The smallest absolute Gasteiger partial charge is 0.307 e. The molecule has 0 aromatic heterocycles. The highest BCUT2D eigenvalue weighted by atomic mass is 16.5. The lowest BCUT2D eigenvalue weighted by molar-refractivity contribution is -0.148. The molecule has 6 heteroatoms. The number of ether oxygens (including phenoxy) is 1. The molecule has 2 aliphatic carbocycles. The Hall–Kier alpha value is -1.40. The molecule has 1 saturated carbocycles. The lowest BCUT2D eigenvalue weighted by Gasteiger charge is -2.26. The van der Waals surface area contributed by atoms with E-state index in [9.17, 15) is 19.8 Å². The van der Waals surface area contributed by atoms with E-state index in [0.29, 0.717) is 13.0 Å². The molecule has 0 aromatic rings. The Labute approximate surface area is 116 Å². The fourth-order valence-electron chi connectivity index (χ4n) is 3.62. The van der Waals surface area contributed by atoms with E-state index in [1.807, 2.05) is 12.2 Å². The number of hydrogen-bond acceptors (Lipinski definition) is 4. The fourth-order valence-corrected chi connectivity index (χ4v) is 3.62. The van der Waals surface area contributed by atoms with Gasteiger partial charge in [-0.25, -0.2) is 0 Å². The second-order valence-electron chi connectivity index (χ2n) is 6.08. The normalized spacial score (nSPS) is 42.0. The molecule has 1 aliphatic heterocycles. The van der Waals surface area contributed by atoms with Crippen molar-refractivity contribution in [2.24, 2.45) is 23.7 Å². The second-order valence-corrected chi connectivity index (χ2v) is 6.08. The average Bonchev–Trinajstić information content (AvgIpc) is 3.10. The van der Waals surface area contributed by atoms with Crippen LogP contribution in [0.15, 0.2) is 12.2 Å². The Morgan fingerprint density at radius 1 is 1.30 bits per heavy atom. The number of aliphatic hydroxyl groups is 1. The summed E-state index contributed by atoms with van der Waals surface area (Å²) in [6.07, 6.45) is 5.09. The van der Waals surface area contributed by atoms with Gasteiger partial charge >= 0.3 is 5.97 Å². The topological polar surface area (TPSA) is 95.9 Å². The van der Waals surface area contributed by atoms with Crippen LogP contribution in [0.5, 0.6) is 0 Å². The standard InChI is InChI=1S/C14H19NO5/c16-12(15-6-14(19)3-4-20-7-14)10-8-1-2-9(5-8)11(10)13(17)18/h1-2,8-11,19H,3-7H2,(H,15,16)(H,17,18)/t8?,9?,10-,11+,14?/m0/s1. The summed E-state index contributed by atoms with van der Waals surface area (Å²) in [5.41, 5.74) is -1.01. The zero-order valence-corrected chi connectivity index (χ0v) is 11.1. The predicted molar refractivity (Wildman–Crippen MR) is 68.7 cm³/mol. The Bertz CT molecular complexity index is 454. The van der Waals surface area contributed by atoms with Crippen LogP contribution in [-0.2, 0) is 14.3 Å². The van der Waals surface area contributed by atoms with E-state index in [4.69, 9.17) is 4.74 Å². The van der Waals surface area contributed by atoms with Crippen molar-refractivity contribution in [3.63, 3.8) is 0 Å². The lowest BCUT2D eigenvalue weighted by atomic mass is 9.82. The maximum atomic E-state index is 12.3. The highest BCUT2D eigenvalue weighted by Crippen LogP contribution is 2.48. The van der Waals surface area contributed by atoms with Gasteiger partial charge in [0.15, 0.2) is 0 Å². The van der Waals surface area contributed by atoms with Crippen LogP contribution in [0.1, 0.15) is 12.8 Å². The van der Waals surface area contributed by atoms with Gasteiger partial charge in [-0.05, 0) is 18.3 Å². The summed E-state index contributed by atoms with van der Waals surface area (Å²) in [5.74, 6) is -2.37. The molecule has 110 valence electrons. The zero-order valence-electron chi connectivity index (χ0n) is 11.1. The van der Waals surface area contributed by atoms with Gasteiger partial charge in [-0.3, -0.25) is 9.59 Å². The van der Waals surface area contributed by atoms with Crippen molar-refractivity contribution >= 4 is 11.9 Å². The van der Waals surface area contributed by atoms with E-state index >= 15 is 0 Å². The van der Waals surface area contributed by atoms with Crippen LogP contribution < -0.4 is 5.32 Å². The first-order valence-corrected chi connectivity index (χ1v) is 6.99. The summed E-state index contributed by atoms with van der Waals surface area (Å²) in [5, 5.41) is 22.1. The van der Waals surface area contributed by atoms with E-state index in [-0.39, 0.29) is 30.9 Å². The molecule has 2 bridgehead atoms. The monoisotopic (exact) mass is 281 g/mol. The van der Waals surface area contributed by atoms with E-state index in [2.05, 4.69) is 5.32 Å². The van der Waals surface area contributed by atoms with Crippen molar-refractivity contribution in [1.29, 1.82) is 0 Å². The number of carbonyl (C=O) groups excluding carboxylic acids is 1. The fraction of sp³-hybridized carbons (Fsp3) is 0.714. The van der Waals surface area contributed by atoms with E-state index in [0.717, 1.165) is 6.42 Å². The largest absolute Gasteiger partial charge is 0.481 e. The number of aliphatic carboxylic acids is 1. The van der Waals surface area contributed by atoms with Gasteiger partial charge in [0.2, 0.25) is 5.91 Å². The van der Waals surface area contributed by atoms with Gasteiger partial charge in [0, 0.05) is 19.6 Å². The van der Waals surface area contributed by atoms with Gasteiger partial charge in [0.05, 0.1) is 18.4 Å². The number of fused-ring (bicyclic) bond motifs is 2. The van der Waals surface area contributed by atoms with Crippen LogP contribution in [0.2, 0.25) is 0 Å². The van der Waals surface area contributed by atoms with Crippen molar-refractivity contribution in [2.75, 3.05) is 19.8 Å². The molecule has 6 nitrogen and oxygen atoms in total. The minimum atomic E-state index is -1.01. The molecule has 1 heterocycles. The van der Waals surface area contributed by atoms with Gasteiger partial charge in [0.25, 0.3) is 0 Å². The van der Waals surface area contributed by atoms with Crippen molar-refractivity contribution in [3.05, 3.63) is 12.2 Å². The minimum absolute atomic E-state index is 0.00979. The highest BCUT2D eigenvalue weighted by Gasteiger charge is 2.51. The van der Waals surface area contributed by atoms with Crippen LogP contribution in [0.3, 0.4) is 0 Å². The van der Waals surface area contributed by atoms with Crippen molar-refractivity contribution in [3.8, 4) is 0 Å². The Morgan fingerprint density at radius 3 is 2.60 bits per heavy atom. The van der Waals surface area contributed by atoms with Gasteiger partial charge in [-0.15, -0.1) is 0 Å². The van der Waals surface area contributed by atoms with Crippen LogP contribution in [0.4, 0.5) is 0 Å². The third kappa shape index (κ3) is 2.23. The first-order chi connectivity index (χ1) is 9.50. The molecular weight excluding hydrogens is 262 g/mol. The van der Waals surface area contributed by atoms with Crippen molar-refractivity contribution in [1.82, 2.24) is 5.32 Å². The first-order valence-electron chi connectivity index (χ1n) is 6.99. The molecule has 2 fully saturated rings. The molecular formula is C14H19NO5. The maximum absolute atomic E-state index is 12.3. The number of allylic oxidation sites excluding steroid dienone is 2. The molecule has 3 aliphatic rings. The summed E-state index contributed by atoms with van der Waals surface area (Å²) >= 11 is 0. The predicted octanol–water partition coefficient (Wildman–Crippen LogP) is -0.223. The van der Waals surface area contributed by atoms with Crippen LogP contribution in [0.25, 0.3) is 0 Å². The molecule has 20 heavy (non-hydrogen) atoms. The average molecular weight is 281 g/mol. The van der Waals surface area contributed by atoms with E-state index < -0.39 is 23.4 Å². The zero-order chi connectivity index (χ0) is 14.3. The molecule has 0 radical (unpaired) electrons. The van der Waals surface area contributed by atoms with Crippen LogP contribution in [0, 0.1) is 23.7 Å². The van der Waals surface area contributed by atoms with Crippen molar-refractivity contribution < 1.29 is 24.5 Å². The summed E-state index contributed by atoms with van der Waals surface area (Å²) in [6.45, 7) is 0.822. The molecule has 3 N–H and O–H groups in total. The highest BCUT2D eigenvalue weighted by molar-refractivity contribution is 5.86. The number of carboxylic acid groups (broad SMARTS) is 1. The molecule has 1 amide bonds. The number of nitrogens with one attached hydrogen (secondary N) is 1. The summed E-state index contributed by atoms with van der Waals surface area (Å²) in [7, 11) is 0. The molecule has 3 unspecified atom stereocenters. The molecule has 0 aromatic carbocycles. The quantitative estimate of drug-likeness (QED) is 0.619. The van der Waals surface area contributed by atoms with Crippen LogP contribution >= 0.6 is 0 Å². The molecule has 0 spiro atoms. The van der Waals surface area contributed by atoms with Gasteiger partial charge < -0.3 is 20.3 Å². The number of rotatable bonds is 4. The van der Waals surface area contributed by atoms with Gasteiger partial charge in [-0.1, -0.05) is 12.2 Å². The second kappa shape index (κ2) is 4.86.